The van der Waals surface area contributed by atoms with Gasteiger partial charge in [0.15, 0.2) is 0 Å². The van der Waals surface area contributed by atoms with E-state index in [0.29, 0.717) is 6.42 Å². The van der Waals surface area contributed by atoms with Gasteiger partial charge >= 0.3 is 0 Å². The molecule has 17 heavy (non-hydrogen) atoms. The third-order valence-electron chi connectivity index (χ3n) is 3.17. The van der Waals surface area contributed by atoms with E-state index in [-0.39, 0.29) is 25.2 Å². The van der Waals surface area contributed by atoms with Gasteiger partial charge in [0.05, 0.1) is 12.7 Å². The van der Waals surface area contributed by atoms with Crippen molar-refractivity contribution >= 4 is 0 Å². The van der Waals surface area contributed by atoms with Crippen LogP contribution in [0.4, 0.5) is 0 Å². The maximum Gasteiger partial charge on any atom is 0.0681 e. The average molecular weight is 238 g/mol. The number of aliphatic hydroxyl groups is 3. The molecule has 0 radical (unpaired) electrons. The quantitative estimate of drug-likeness (QED) is 0.679. The second kappa shape index (κ2) is 7.43. The lowest BCUT2D eigenvalue weighted by Crippen LogP contribution is -2.10. The van der Waals surface area contributed by atoms with Crippen LogP contribution in [0.3, 0.4) is 0 Å². The highest BCUT2D eigenvalue weighted by Crippen LogP contribution is 2.22. The molecule has 3 heteroatoms. The standard InChI is InChI=1S/C14H22O3/c1-2-14(17)8-7-13(10-16)12-5-3-11(9-15)4-6-12/h3-6,13-17H,2,7-10H2,1H3. The fourth-order valence-corrected chi connectivity index (χ4v) is 1.86. The van der Waals surface area contributed by atoms with Crippen molar-refractivity contribution < 1.29 is 15.3 Å². The van der Waals surface area contributed by atoms with Crippen LogP contribution in [0, 0.1) is 0 Å². The summed E-state index contributed by atoms with van der Waals surface area (Å²) in [6.07, 6.45) is 1.97. The van der Waals surface area contributed by atoms with E-state index in [1.54, 1.807) is 0 Å². The molecule has 96 valence electrons. The van der Waals surface area contributed by atoms with E-state index in [9.17, 15) is 10.2 Å². The van der Waals surface area contributed by atoms with Gasteiger partial charge in [0.25, 0.3) is 0 Å². The van der Waals surface area contributed by atoms with E-state index >= 15 is 0 Å². The van der Waals surface area contributed by atoms with E-state index in [0.717, 1.165) is 24.0 Å². The van der Waals surface area contributed by atoms with Crippen molar-refractivity contribution in [3.63, 3.8) is 0 Å². The molecule has 2 unspecified atom stereocenters. The summed E-state index contributed by atoms with van der Waals surface area (Å²) >= 11 is 0. The lowest BCUT2D eigenvalue weighted by molar-refractivity contribution is 0.148. The third-order valence-corrected chi connectivity index (χ3v) is 3.17. The largest absolute Gasteiger partial charge is 0.396 e. The molecule has 2 atom stereocenters. The van der Waals surface area contributed by atoms with Gasteiger partial charge in [0, 0.05) is 12.5 Å². The first-order valence-corrected chi connectivity index (χ1v) is 6.19. The first kappa shape index (κ1) is 14.2. The fourth-order valence-electron chi connectivity index (χ4n) is 1.86. The number of hydrogen-bond donors (Lipinski definition) is 3. The van der Waals surface area contributed by atoms with E-state index < -0.39 is 0 Å². The summed E-state index contributed by atoms with van der Waals surface area (Å²) in [4.78, 5) is 0. The van der Waals surface area contributed by atoms with Crippen molar-refractivity contribution in [2.24, 2.45) is 0 Å². The third kappa shape index (κ3) is 4.46. The normalized spacial score (nSPS) is 14.6. The Balaban J connectivity index is 2.59. The zero-order chi connectivity index (χ0) is 12.7. The summed E-state index contributed by atoms with van der Waals surface area (Å²) in [5, 5.41) is 27.8. The molecule has 0 bridgehead atoms. The highest BCUT2D eigenvalue weighted by Gasteiger charge is 2.12. The van der Waals surface area contributed by atoms with Gasteiger partial charge in [0.2, 0.25) is 0 Å². The van der Waals surface area contributed by atoms with Gasteiger partial charge in [-0.25, -0.2) is 0 Å². The Labute approximate surface area is 103 Å². The van der Waals surface area contributed by atoms with Gasteiger partial charge in [-0.15, -0.1) is 0 Å². The van der Waals surface area contributed by atoms with Crippen LogP contribution in [0.1, 0.15) is 43.2 Å². The Bertz CT molecular complexity index is 308. The van der Waals surface area contributed by atoms with Crippen molar-refractivity contribution in [1.82, 2.24) is 0 Å². The van der Waals surface area contributed by atoms with Crippen LogP contribution in [0.15, 0.2) is 24.3 Å². The number of benzene rings is 1. The number of rotatable bonds is 7. The Morgan fingerprint density at radius 1 is 1.06 bits per heavy atom. The van der Waals surface area contributed by atoms with Crippen molar-refractivity contribution in [3.05, 3.63) is 35.4 Å². The van der Waals surface area contributed by atoms with Crippen molar-refractivity contribution in [2.75, 3.05) is 6.61 Å². The molecule has 0 aliphatic carbocycles. The monoisotopic (exact) mass is 238 g/mol. The zero-order valence-electron chi connectivity index (χ0n) is 10.3. The van der Waals surface area contributed by atoms with E-state index in [2.05, 4.69) is 0 Å². The summed E-state index contributed by atoms with van der Waals surface area (Å²) in [5.41, 5.74) is 1.94. The Kier molecular flexibility index (Phi) is 6.19. The van der Waals surface area contributed by atoms with Gasteiger partial charge < -0.3 is 15.3 Å². The molecule has 0 amide bonds. The van der Waals surface area contributed by atoms with Crippen molar-refractivity contribution in [2.45, 2.75) is 44.8 Å². The maximum atomic E-state index is 9.52. The van der Waals surface area contributed by atoms with E-state index in [1.807, 2.05) is 31.2 Å². The number of aliphatic hydroxyl groups excluding tert-OH is 3. The molecule has 1 aromatic carbocycles. The fraction of sp³-hybridized carbons (Fsp3) is 0.571. The van der Waals surface area contributed by atoms with Crippen molar-refractivity contribution in [1.29, 1.82) is 0 Å². The lowest BCUT2D eigenvalue weighted by atomic mass is 9.92. The minimum Gasteiger partial charge on any atom is -0.396 e. The zero-order valence-corrected chi connectivity index (χ0v) is 10.3. The first-order chi connectivity index (χ1) is 8.21. The number of hydrogen-bond acceptors (Lipinski definition) is 3. The molecule has 0 heterocycles. The van der Waals surface area contributed by atoms with E-state index in [4.69, 9.17) is 5.11 Å². The summed E-state index contributed by atoms with van der Waals surface area (Å²) in [5.74, 6) is 0.0731. The molecule has 0 fully saturated rings. The second-order valence-corrected chi connectivity index (χ2v) is 4.42. The topological polar surface area (TPSA) is 60.7 Å². The lowest BCUT2D eigenvalue weighted by Gasteiger charge is -2.16. The van der Waals surface area contributed by atoms with Crippen LogP contribution in [0.25, 0.3) is 0 Å². The van der Waals surface area contributed by atoms with Crippen LogP contribution in [0.2, 0.25) is 0 Å². The van der Waals surface area contributed by atoms with Crippen LogP contribution < -0.4 is 0 Å². The molecule has 0 spiro atoms. The van der Waals surface area contributed by atoms with Gasteiger partial charge in [-0.3, -0.25) is 0 Å². The molecule has 0 saturated heterocycles. The predicted molar refractivity (Wildman–Crippen MR) is 67.7 cm³/mol. The van der Waals surface area contributed by atoms with E-state index in [1.165, 1.54) is 0 Å². The highest BCUT2D eigenvalue weighted by molar-refractivity contribution is 5.25. The highest BCUT2D eigenvalue weighted by atomic mass is 16.3. The molecule has 1 rings (SSSR count). The molecule has 0 aliphatic heterocycles. The smallest absolute Gasteiger partial charge is 0.0681 e. The molecule has 0 aromatic heterocycles. The summed E-state index contributed by atoms with van der Waals surface area (Å²) in [6.45, 7) is 2.09. The second-order valence-electron chi connectivity index (χ2n) is 4.42. The SMILES string of the molecule is CCC(O)CCC(CO)c1ccc(CO)cc1. The Hall–Kier alpha value is -0.900. The average Bonchev–Trinajstić information content (AvgIpc) is 2.39. The summed E-state index contributed by atoms with van der Waals surface area (Å²) in [7, 11) is 0. The minimum absolute atomic E-state index is 0.0403. The van der Waals surface area contributed by atoms with Crippen LogP contribution in [-0.2, 0) is 6.61 Å². The Morgan fingerprint density at radius 2 is 1.71 bits per heavy atom. The molecular weight excluding hydrogens is 216 g/mol. The summed E-state index contributed by atoms with van der Waals surface area (Å²) < 4.78 is 0. The Morgan fingerprint density at radius 3 is 2.18 bits per heavy atom. The molecule has 1 aromatic rings. The minimum atomic E-state index is -0.277. The molecule has 3 N–H and O–H groups in total. The first-order valence-electron chi connectivity index (χ1n) is 6.19. The summed E-state index contributed by atoms with van der Waals surface area (Å²) in [6, 6.07) is 7.61. The van der Waals surface area contributed by atoms with Gasteiger partial charge in [-0.05, 0) is 30.4 Å². The van der Waals surface area contributed by atoms with Gasteiger partial charge in [0.1, 0.15) is 0 Å². The maximum absolute atomic E-state index is 9.52. The van der Waals surface area contributed by atoms with Crippen LogP contribution in [0.5, 0.6) is 0 Å². The predicted octanol–water partition coefficient (Wildman–Crippen LogP) is 1.81. The van der Waals surface area contributed by atoms with Gasteiger partial charge in [-0.2, -0.15) is 0 Å². The van der Waals surface area contributed by atoms with Crippen LogP contribution >= 0.6 is 0 Å². The molecule has 0 saturated carbocycles. The molecule has 0 aliphatic rings. The van der Waals surface area contributed by atoms with Crippen LogP contribution in [-0.4, -0.2) is 28.0 Å². The van der Waals surface area contributed by atoms with Crippen molar-refractivity contribution in [3.8, 4) is 0 Å². The molecule has 3 nitrogen and oxygen atoms in total. The van der Waals surface area contributed by atoms with Gasteiger partial charge in [-0.1, -0.05) is 31.2 Å². The molecular formula is C14H22O3.